The summed E-state index contributed by atoms with van der Waals surface area (Å²) in [7, 11) is 0.353. The molecule has 0 saturated carbocycles. The lowest BCUT2D eigenvalue weighted by atomic mass is 9.99. The molecule has 1 saturated heterocycles. The SMILES string of the molecule is Cc1ccc(S(=O)(=O)N2CCC[C@@H](c3ncc[nH]3)C2)cc1N(C)C. The maximum absolute atomic E-state index is 13.1. The Morgan fingerprint density at radius 2 is 2.12 bits per heavy atom. The van der Waals surface area contributed by atoms with Crippen molar-refractivity contribution in [2.24, 2.45) is 0 Å². The third-order valence-corrected chi connectivity index (χ3v) is 6.45. The van der Waals surface area contributed by atoms with E-state index in [0.717, 1.165) is 29.9 Å². The molecule has 2 heterocycles. The maximum atomic E-state index is 13.1. The van der Waals surface area contributed by atoms with Crippen LogP contribution in [0.3, 0.4) is 0 Å². The highest BCUT2D eigenvalue weighted by Gasteiger charge is 2.32. The molecule has 130 valence electrons. The summed E-state index contributed by atoms with van der Waals surface area (Å²) >= 11 is 0. The average molecular weight is 348 g/mol. The van der Waals surface area contributed by atoms with Crippen LogP contribution >= 0.6 is 0 Å². The first kappa shape index (κ1) is 17.0. The number of nitrogens with one attached hydrogen (secondary N) is 1. The van der Waals surface area contributed by atoms with Crippen LogP contribution in [0.15, 0.2) is 35.5 Å². The minimum Gasteiger partial charge on any atom is -0.377 e. The Morgan fingerprint density at radius 1 is 1.33 bits per heavy atom. The van der Waals surface area contributed by atoms with Gasteiger partial charge in [-0.05, 0) is 37.5 Å². The molecule has 6 nitrogen and oxygen atoms in total. The number of H-pyrrole nitrogens is 1. The number of benzene rings is 1. The molecule has 1 aromatic heterocycles. The van der Waals surface area contributed by atoms with Crippen LogP contribution in [0.1, 0.15) is 30.1 Å². The average Bonchev–Trinajstić information content (AvgIpc) is 3.09. The fraction of sp³-hybridized carbons (Fsp3) is 0.471. The van der Waals surface area contributed by atoms with E-state index in [1.807, 2.05) is 32.0 Å². The van der Waals surface area contributed by atoms with Gasteiger partial charge in [-0.25, -0.2) is 13.4 Å². The summed E-state index contributed by atoms with van der Waals surface area (Å²) < 4.78 is 27.7. The molecule has 0 unspecified atom stereocenters. The molecule has 1 atom stereocenters. The lowest BCUT2D eigenvalue weighted by Crippen LogP contribution is -2.39. The molecule has 0 bridgehead atoms. The van der Waals surface area contributed by atoms with Crippen molar-refractivity contribution in [2.45, 2.75) is 30.6 Å². The second-order valence-electron chi connectivity index (χ2n) is 6.52. The molecule has 3 rings (SSSR count). The Hall–Kier alpha value is -1.86. The third kappa shape index (κ3) is 3.18. The largest absolute Gasteiger partial charge is 0.377 e. The van der Waals surface area contributed by atoms with Crippen LogP contribution < -0.4 is 4.90 Å². The van der Waals surface area contributed by atoms with Crippen LogP contribution in [0, 0.1) is 6.92 Å². The van der Waals surface area contributed by atoms with E-state index in [4.69, 9.17) is 0 Å². The number of aromatic amines is 1. The second kappa shape index (κ2) is 6.57. The number of anilines is 1. The van der Waals surface area contributed by atoms with Crippen LogP contribution in [0.25, 0.3) is 0 Å². The van der Waals surface area contributed by atoms with E-state index < -0.39 is 10.0 Å². The normalized spacial score (nSPS) is 19.4. The molecule has 7 heteroatoms. The van der Waals surface area contributed by atoms with Crippen molar-refractivity contribution in [3.8, 4) is 0 Å². The zero-order valence-electron chi connectivity index (χ0n) is 14.4. The van der Waals surface area contributed by atoms with Gasteiger partial charge in [-0.15, -0.1) is 0 Å². The number of nitrogens with zero attached hydrogens (tertiary/aromatic N) is 3. The third-order valence-electron chi connectivity index (χ3n) is 4.59. The number of hydrogen-bond donors (Lipinski definition) is 1. The van der Waals surface area contributed by atoms with Gasteiger partial charge < -0.3 is 9.88 Å². The first-order valence-corrected chi connectivity index (χ1v) is 9.61. The number of aryl methyl sites for hydroxylation is 1. The van der Waals surface area contributed by atoms with Gasteiger partial charge in [-0.3, -0.25) is 0 Å². The Morgan fingerprint density at radius 3 is 2.79 bits per heavy atom. The van der Waals surface area contributed by atoms with Gasteiger partial charge in [0.2, 0.25) is 10.0 Å². The number of rotatable bonds is 4. The molecule has 0 amide bonds. The second-order valence-corrected chi connectivity index (χ2v) is 8.46. The topological polar surface area (TPSA) is 69.3 Å². The minimum atomic E-state index is -3.49. The molecule has 0 spiro atoms. The van der Waals surface area contributed by atoms with Crippen molar-refractivity contribution in [1.82, 2.24) is 14.3 Å². The molecule has 0 aliphatic carbocycles. The van der Waals surface area contributed by atoms with Gasteiger partial charge in [-0.2, -0.15) is 4.31 Å². The van der Waals surface area contributed by atoms with Crippen molar-refractivity contribution >= 4 is 15.7 Å². The molecule has 2 aromatic rings. The van der Waals surface area contributed by atoms with Crippen molar-refractivity contribution in [3.63, 3.8) is 0 Å². The number of imidazole rings is 1. The Balaban J connectivity index is 1.89. The van der Waals surface area contributed by atoms with Gasteiger partial charge in [0, 0.05) is 51.2 Å². The zero-order valence-corrected chi connectivity index (χ0v) is 15.2. The highest BCUT2D eigenvalue weighted by Crippen LogP contribution is 2.30. The van der Waals surface area contributed by atoms with E-state index >= 15 is 0 Å². The van der Waals surface area contributed by atoms with Crippen molar-refractivity contribution in [1.29, 1.82) is 0 Å². The molecular weight excluding hydrogens is 324 g/mol. The summed E-state index contributed by atoms with van der Waals surface area (Å²) in [4.78, 5) is 9.70. The maximum Gasteiger partial charge on any atom is 0.243 e. The first-order valence-electron chi connectivity index (χ1n) is 8.17. The number of aromatic nitrogens is 2. The predicted molar refractivity (Wildman–Crippen MR) is 94.8 cm³/mol. The van der Waals surface area contributed by atoms with Gasteiger partial charge in [0.25, 0.3) is 0 Å². The van der Waals surface area contributed by atoms with Gasteiger partial charge >= 0.3 is 0 Å². The number of sulfonamides is 1. The van der Waals surface area contributed by atoms with E-state index in [0.29, 0.717) is 18.0 Å². The van der Waals surface area contributed by atoms with Gasteiger partial charge in [0.1, 0.15) is 5.82 Å². The molecule has 1 fully saturated rings. The molecule has 1 aliphatic rings. The zero-order chi connectivity index (χ0) is 17.3. The summed E-state index contributed by atoms with van der Waals surface area (Å²) in [6.45, 7) is 3.02. The van der Waals surface area contributed by atoms with E-state index in [1.54, 1.807) is 28.8 Å². The summed E-state index contributed by atoms with van der Waals surface area (Å²) in [5, 5.41) is 0. The summed E-state index contributed by atoms with van der Waals surface area (Å²) in [5.74, 6) is 0.995. The van der Waals surface area contributed by atoms with Crippen molar-refractivity contribution < 1.29 is 8.42 Å². The van der Waals surface area contributed by atoms with Gasteiger partial charge in [-0.1, -0.05) is 6.07 Å². The molecule has 24 heavy (non-hydrogen) atoms. The van der Waals surface area contributed by atoms with E-state index in [9.17, 15) is 8.42 Å². The van der Waals surface area contributed by atoms with Crippen LogP contribution in [-0.4, -0.2) is 49.9 Å². The Bertz CT molecular complexity index is 800. The molecule has 1 aromatic carbocycles. The fourth-order valence-corrected chi connectivity index (χ4v) is 4.81. The van der Waals surface area contributed by atoms with Gasteiger partial charge in [0.15, 0.2) is 0 Å². The van der Waals surface area contributed by atoms with E-state index in [-0.39, 0.29) is 5.92 Å². The number of piperidine rings is 1. The minimum absolute atomic E-state index is 0.127. The van der Waals surface area contributed by atoms with Crippen LogP contribution in [0.5, 0.6) is 0 Å². The standard InChI is InChI=1S/C17H24N4O2S/c1-13-6-7-15(11-16(13)20(2)3)24(22,23)21-10-4-5-14(12-21)17-18-8-9-19-17/h6-9,11,14H,4-5,10,12H2,1-3H3,(H,18,19)/t14-/m1/s1. The quantitative estimate of drug-likeness (QED) is 0.921. The Labute approximate surface area is 143 Å². The molecular formula is C17H24N4O2S. The molecule has 1 aliphatic heterocycles. The van der Waals surface area contributed by atoms with Crippen molar-refractivity contribution in [2.75, 3.05) is 32.1 Å². The van der Waals surface area contributed by atoms with Crippen LogP contribution in [-0.2, 0) is 10.0 Å². The smallest absolute Gasteiger partial charge is 0.243 e. The van der Waals surface area contributed by atoms with Crippen molar-refractivity contribution in [3.05, 3.63) is 42.0 Å². The highest BCUT2D eigenvalue weighted by molar-refractivity contribution is 7.89. The van der Waals surface area contributed by atoms with Crippen LogP contribution in [0.2, 0.25) is 0 Å². The Kier molecular flexibility index (Phi) is 4.64. The van der Waals surface area contributed by atoms with E-state index in [1.165, 1.54) is 0 Å². The fourth-order valence-electron chi connectivity index (χ4n) is 3.27. The molecule has 1 N–H and O–H groups in total. The summed E-state index contributed by atoms with van der Waals surface area (Å²) in [6, 6.07) is 5.34. The number of hydrogen-bond acceptors (Lipinski definition) is 4. The van der Waals surface area contributed by atoms with E-state index in [2.05, 4.69) is 9.97 Å². The first-order chi connectivity index (χ1) is 11.4. The van der Waals surface area contributed by atoms with Crippen LogP contribution in [0.4, 0.5) is 5.69 Å². The summed E-state index contributed by atoms with van der Waals surface area (Å²) in [5.41, 5.74) is 1.99. The lowest BCUT2D eigenvalue weighted by molar-refractivity contribution is 0.310. The lowest BCUT2D eigenvalue weighted by Gasteiger charge is -2.31. The highest BCUT2D eigenvalue weighted by atomic mass is 32.2. The molecule has 0 radical (unpaired) electrons. The van der Waals surface area contributed by atoms with Gasteiger partial charge in [0.05, 0.1) is 4.90 Å². The summed E-state index contributed by atoms with van der Waals surface area (Å²) in [6.07, 6.45) is 5.30. The monoisotopic (exact) mass is 348 g/mol. The predicted octanol–water partition coefficient (Wildman–Crippen LogP) is 2.35.